The van der Waals surface area contributed by atoms with E-state index in [4.69, 9.17) is 9.47 Å². The number of hydrogen-bond donors (Lipinski definition) is 1. The summed E-state index contributed by atoms with van der Waals surface area (Å²) < 4.78 is 25.1. The van der Waals surface area contributed by atoms with Gasteiger partial charge in [0.05, 0.1) is 6.61 Å². The van der Waals surface area contributed by atoms with Gasteiger partial charge in [0.15, 0.2) is 6.79 Å². The van der Waals surface area contributed by atoms with Crippen molar-refractivity contribution < 1.29 is 19.0 Å². The van der Waals surface area contributed by atoms with Gasteiger partial charge in [0.2, 0.25) is 0 Å². The van der Waals surface area contributed by atoms with E-state index in [1.165, 1.54) is 11.1 Å². The molecule has 140 valence electrons. The van der Waals surface area contributed by atoms with E-state index in [9.17, 15) is 9.50 Å². The Morgan fingerprint density at radius 2 is 1.68 bits per heavy atom. The zero-order valence-electron chi connectivity index (χ0n) is 16.3. The maximum absolute atomic E-state index is 14.3. The van der Waals surface area contributed by atoms with Crippen LogP contribution in [0.15, 0.2) is 18.0 Å². The second kappa shape index (κ2) is 7.46. The van der Waals surface area contributed by atoms with E-state index in [0.717, 1.165) is 18.4 Å². The summed E-state index contributed by atoms with van der Waals surface area (Å²) in [5.41, 5.74) is 3.76. The van der Waals surface area contributed by atoms with Gasteiger partial charge in [-0.3, -0.25) is 0 Å². The molecule has 1 aromatic carbocycles. The fraction of sp³-hybridized carbons (Fsp3) is 0.619. The third kappa shape index (κ3) is 3.90. The van der Waals surface area contributed by atoms with E-state index in [-0.39, 0.29) is 17.6 Å². The van der Waals surface area contributed by atoms with Gasteiger partial charge in [0.25, 0.3) is 0 Å². The summed E-state index contributed by atoms with van der Waals surface area (Å²) in [4.78, 5) is 0. The number of benzene rings is 1. The maximum atomic E-state index is 14.3. The molecule has 1 aliphatic carbocycles. The third-order valence-corrected chi connectivity index (χ3v) is 5.43. The van der Waals surface area contributed by atoms with Crippen LogP contribution >= 0.6 is 0 Å². The molecule has 3 nitrogen and oxygen atoms in total. The van der Waals surface area contributed by atoms with Crippen LogP contribution in [0.25, 0.3) is 5.57 Å². The molecule has 0 radical (unpaired) electrons. The lowest BCUT2D eigenvalue weighted by molar-refractivity contribution is 0.0507. The quantitative estimate of drug-likeness (QED) is 0.725. The number of fused-ring (bicyclic) bond motifs is 1. The van der Waals surface area contributed by atoms with Crippen molar-refractivity contribution in [2.24, 2.45) is 0 Å². The Labute approximate surface area is 150 Å². The lowest BCUT2D eigenvalue weighted by Gasteiger charge is -2.42. The van der Waals surface area contributed by atoms with Crippen molar-refractivity contribution in [1.82, 2.24) is 0 Å². The van der Waals surface area contributed by atoms with Crippen molar-refractivity contribution in [3.63, 3.8) is 0 Å². The average molecular weight is 350 g/mol. The molecule has 0 amide bonds. The first-order chi connectivity index (χ1) is 11.7. The predicted octanol–water partition coefficient (Wildman–Crippen LogP) is 5.10. The number of allylic oxidation sites excluding steroid dienone is 1. The smallest absolute Gasteiger partial charge is 0.188 e. The van der Waals surface area contributed by atoms with Crippen LogP contribution in [0.1, 0.15) is 70.6 Å². The number of halogens is 1. The van der Waals surface area contributed by atoms with Gasteiger partial charge in [-0.1, -0.05) is 34.6 Å². The van der Waals surface area contributed by atoms with Crippen LogP contribution < -0.4 is 4.74 Å². The first-order valence-corrected chi connectivity index (χ1v) is 8.97. The molecule has 0 aromatic heterocycles. The third-order valence-electron chi connectivity index (χ3n) is 5.43. The normalized spacial score (nSPS) is 19.2. The molecule has 4 heteroatoms. The van der Waals surface area contributed by atoms with E-state index >= 15 is 0 Å². The summed E-state index contributed by atoms with van der Waals surface area (Å²) in [5, 5.41) is 9.29. The monoisotopic (exact) mass is 350 g/mol. The highest BCUT2D eigenvalue weighted by molar-refractivity contribution is 5.74. The van der Waals surface area contributed by atoms with E-state index in [1.807, 2.05) is 13.0 Å². The fourth-order valence-electron chi connectivity index (χ4n) is 3.70. The van der Waals surface area contributed by atoms with Crippen molar-refractivity contribution in [2.75, 3.05) is 20.5 Å². The Bertz CT molecular complexity index is 659. The molecule has 0 bridgehead atoms. The minimum Gasteiger partial charge on any atom is -0.467 e. The van der Waals surface area contributed by atoms with E-state index in [0.29, 0.717) is 17.7 Å². The molecule has 0 saturated heterocycles. The summed E-state index contributed by atoms with van der Waals surface area (Å²) in [7, 11) is 1.57. The predicted molar refractivity (Wildman–Crippen MR) is 99.6 cm³/mol. The van der Waals surface area contributed by atoms with Gasteiger partial charge in [-0.2, -0.15) is 0 Å². The van der Waals surface area contributed by atoms with Gasteiger partial charge in [-0.15, -0.1) is 0 Å². The van der Waals surface area contributed by atoms with Crippen molar-refractivity contribution in [3.8, 4) is 5.75 Å². The lowest BCUT2D eigenvalue weighted by atomic mass is 9.62. The highest BCUT2D eigenvalue weighted by Gasteiger charge is 2.38. The minimum atomic E-state index is -0.598. The molecule has 0 atom stereocenters. The maximum Gasteiger partial charge on any atom is 0.188 e. The topological polar surface area (TPSA) is 38.7 Å². The molecule has 0 spiro atoms. The Kier molecular flexibility index (Phi) is 5.95. The molecule has 1 aliphatic rings. The molecule has 1 aromatic rings. The summed E-state index contributed by atoms with van der Waals surface area (Å²) in [6.07, 6.45) is 2.66. The SMILES string of the molecule is CC/C(=C(\F)CO)c1cc2c(cc1OCOC)C(C)(C)CCC2(C)C. The standard InChI is InChI=1S/C21H31FO3/c1-7-14(18(22)12-23)15-10-16-17(11-19(15)25-13-24-6)21(4,5)9-8-20(16,2)3/h10-11,23H,7-9,12-13H2,1-6H3/b18-14+. The molecular weight excluding hydrogens is 319 g/mol. The molecular formula is C21H31FO3. The van der Waals surface area contributed by atoms with Crippen LogP contribution in [0.2, 0.25) is 0 Å². The second-order valence-electron chi connectivity index (χ2n) is 8.11. The van der Waals surface area contributed by atoms with E-state index in [2.05, 4.69) is 33.8 Å². The number of hydrogen-bond acceptors (Lipinski definition) is 3. The Balaban J connectivity index is 2.74. The minimum absolute atomic E-state index is 0.0218. The van der Waals surface area contributed by atoms with E-state index < -0.39 is 12.4 Å². The van der Waals surface area contributed by atoms with Crippen molar-refractivity contribution in [2.45, 2.75) is 64.7 Å². The highest BCUT2D eigenvalue weighted by atomic mass is 19.1. The Morgan fingerprint density at radius 1 is 1.12 bits per heavy atom. The number of rotatable bonds is 6. The van der Waals surface area contributed by atoms with Crippen molar-refractivity contribution in [1.29, 1.82) is 0 Å². The van der Waals surface area contributed by atoms with Gasteiger partial charge in [0, 0.05) is 12.7 Å². The highest BCUT2D eigenvalue weighted by Crippen LogP contribution is 2.49. The van der Waals surface area contributed by atoms with Gasteiger partial charge < -0.3 is 14.6 Å². The van der Waals surface area contributed by atoms with E-state index in [1.54, 1.807) is 7.11 Å². The van der Waals surface area contributed by atoms with Crippen LogP contribution in [0.3, 0.4) is 0 Å². The molecule has 2 rings (SSSR count). The number of ether oxygens (including phenoxy) is 2. The Hall–Kier alpha value is -1.39. The van der Waals surface area contributed by atoms with Gasteiger partial charge in [-0.05, 0) is 58.9 Å². The summed E-state index contributed by atoms with van der Waals surface area (Å²) in [6, 6.07) is 4.11. The first-order valence-electron chi connectivity index (χ1n) is 8.97. The molecule has 1 N–H and O–H groups in total. The molecule has 0 unspecified atom stereocenters. The van der Waals surface area contributed by atoms with Gasteiger partial charge in [-0.25, -0.2) is 4.39 Å². The number of aliphatic hydroxyl groups excluding tert-OH is 1. The molecule has 0 heterocycles. The van der Waals surface area contributed by atoms with Crippen LogP contribution in [0.4, 0.5) is 4.39 Å². The Morgan fingerprint density at radius 3 is 2.16 bits per heavy atom. The summed E-state index contributed by atoms with van der Waals surface area (Å²) in [6.45, 7) is 10.3. The second-order valence-corrected chi connectivity index (χ2v) is 8.11. The van der Waals surface area contributed by atoms with Gasteiger partial charge >= 0.3 is 0 Å². The summed E-state index contributed by atoms with van der Waals surface area (Å²) in [5.74, 6) is 0.115. The van der Waals surface area contributed by atoms with Crippen molar-refractivity contribution in [3.05, 3.63) is 34.6 Å². The van der Waals surface area contributed by atoms with Crippen LogP contribution in [-0.4, -0.2) is 25.6 Å². The lowest BCUT2D eigenvalue weighted by Crippen LogP contribution is -2.34. The zero-order valence-corrected chi connectivity index (χ0v) is 16.3. The van der Waals surface area contributed by atoms with Gasteiger partial charge in [0.1, 0.15) is 11.6 Å². The fourth-order valence-corrected chi connectivity index (χ4v) is 3.70. The van der Waals surface area contributed by atoms with Crippen LogP contribution in [0.5, 0.6) is 5.75 Å². The first kappa shape index (κ1) is 19.9. The molecule has 0 fully saturated rings. The largest absolute Gasteiger partial charge is 0.467 e. The van der Waals surface area contributed by atoms with Crippen LogP contribution in [-0.2, 0) is 15.6 Å². The molecule has 25 heavy (non-hydrogen) atoms. The molecule has 0 aliphatic heterocycles. The van der Waals surface area contributed by atoms with Crippen LogP contribution in [0, 0.1) is 0 Å². The average Bonchev–Trinajstić information content (AvgIpc) is 2.57. The van der Waals surface area contributed by atoms with Crippen molar-refractivity contribution >= 4 is 5.57 Å². The molecule has 0 saturated carbocycles. The number of aliphatic hydroxyl groups is 1. The summed E-state index contributed by atoms with van der Waals surface area (Å²) >= 11 is 0. The number of methoxy groups -OCH3 is 1. The zero-order chi connectivity index (χ0) is 18.8.